The number of hydrogen-bond donors (Lipinski definition) is 2. The summed E-state index contributed by atoms with van der Waals surface area (Å²) in [6, 6.07) is 2.07. The highest BCUT2D eigenvalue weighted by Crippen LogP contribution is 2.22. The van der Waals surface area contributed by atoms with E-state index in [-0.39, 0.29) is 0 Å². The predicted molar refractivity (Wildman–Crippen MR) is 88.4 cm³/mol. The van der Waals surface area contributed by atoms with Gasteiger partial charge in [0, 0.05) is 25.1 Å². The average Bonchev–Trinajstić information content (AvgIpc) is 3.07. The molecule has 0 saturated carbocycles. The Morgan fingerprint density at radius 3 is 3.10 bits per heavy atom. The van der Waals surface area contributed by atoms with Crippen LogP contribution < -0.4 is 5.32 Å². The van der Waals surface area contributed by atoms with Gasteiger partial charge in [-0.25, -0.2) is 9.97 Å². The third kappa shape index (κ3) is 2.85. The predicted octanol–water partition coefficient (Wildman–Crippen LogP) is 3.51. The molecule has 3 aromatic heterocycles. The molecule has 3 rings (SSSR count). The van der Waals surface area contributed by atoms with Crippen molar-refractivity contribution in [2.45, 2.75) is 13.3 Å². The fourth-order valence-corrected chi connectivity index (χ4v) is 2.61. The van der Waals surface area contributed by atoms with E-state index < -0.39 is 0 Å². The fraction of sp³-hybridized carbons (Fsp3) is 0.200. The largest absolute Gasteiger partial charge is 0.367 e. The van der Waals surface area contributed by atoms with Crippen LogP contribution in [0, 0.1) is 0 Å². The molecular formula is C15H16BrN5. The maximum Gasteiger partial charge on any atom is 0.180 e. The van der Waals surface area contributed by atoms with Crippen LogP contribution >= 0.6 is 15.9 Å². The third-order valence-corrected chi connectivity index (χ3v) is 3.65. The molecule has 0 aliphatic rings. The van der Waals surface area contributed by atoms with Gasteiger partial charge in [-0.1, -0.05) is 6.58 Å². The van der Waals surface area contributed by atoms with Gasteiger partial charge in [0.1, 0.15) is 4.60 Å². The van der Waals surface area contributed by atoms with E-state index in [0.717, 1.165) is 40.3 Å². The van der Waals surface area contributed by atoms with Crippen molar-refractivity contribution in [3.63, 3.8) is 0 Å². The minimum atomic E-state index is 0.764. The lowest BCUT2D eigenvalue weighted by Crippen LogP contribution is -2.08. The van der Waals surface area contributed by atoms with Crippen molar-refractivity contribution < 1.29 is 0 Å². The summed E-state index contributed by atoms with van der Waals surface area (Å²) in [5.74, 6) is 0.771. The molecule has 0 amide bonds. The zero-order valence-corrected chi connectivity index (χ0v) is 13.3. The average molecular weight is 346 g/mol. The molecule has 21 heavy (non-hydrogen) atoms. The molecule has 3 aromatic rings. The van der Waals surface area contributed by atoms with Gasteiger partial charge in [-0.2, -0.15) is 0 Å². The molecule has 0 radical (unpaired) electrons. The van der Waals surface area contributed by atoms with Crippen LogP contribution in [0.25, 0.3) is 11.2 Å². The van der Waals surface area contributed by atoms with Gasteiger partial charge >= 0.3 is 0 Å². The smallest absolute Gasteiger partial charge is 0.180 e. The van der Waals surface area contributed by atoms with Crippen molar-refractivity contribution in [3.8, 4) is 0 Å². The number of fused-ring (bicyclic) bond motifs is 1. The summed E-state index contributed by atoms with van der Waals surface area (Å²) in [6.45, 7) is 6.75. The first-order valence-corrected chi connectivity index (χ1v) is 7.49. The lowest BCUT2D eigenvalue weighted by Gasteiger charge is -2.08. The van der Waals surface area contributed by atoms with E-state index >= 15 is 0 Å². The Bertz CT molecular complexity index is 773. The molecule has 5 nitrogen and oxygen atoms in total. The second-order valence-corrected chi connectivity index (χ2v) is 5.74. The molecular weight excluding hydrogens is 330 g/mol. The van der Waals surface area contributed by atoms with Crippen molar-refractivity contribution in [2.75, 3.05) is 11.9 Å². The lowest BCUT2D eigenvalue weighted by molar-refractivity contribution is 0.992. The van der Waals surface area contributed by atoms with Crippen molar-refractivity contribution in [3.05, 3.63) is 53.3 Å². The Balaban J connectivity index is 1.86. The number of rotatable bonds is 5. The normalized spacial score (nSPS) is 11.0. The molecule has 3 heterocycles. The fourth-order valence-electron chi connectivity index (χ4n) is 2.23. The van der Waals surface area contributed by atoms with Crippen molar-refractivity contribution in [2.24, 2.45) is 0 Å². The molecule has 0 spiro atoms. The van der Waals surface area contributed by atoms with Gasteiger partial charge in [-0.15, -0.1) is 0 Å². The molecule has 0 atom stereocenters. The van der Waals surface area contributed by atoms with E-state index in [1.165, 1.54) is 5.56 Å². The second kappa shape index (κ2) is 5.73. The van der Waals surface area contributed by atoms with E-state index in [1.54, 1.807) is 0 Å². The Hall–Kier alpha value is -2.08. The summed E-state index contributed by atoms with van der Waals surface area (Å²) in [4.78, 5) is 12.0. The Morgan fingerprint density at radius 1 is 1.52 bits per heavy atom. The third-order valence-electron chi connectivity index (χ3n) is 3.27. The number of hydrogen-bond acceptors (Lipinski definition) is 3. The molecule has 0 fully saturated rings. The molecule has 2 N–H and O–H groups in total. The van der Waals surface area contributed by atoms with Gasteiger partial charge < -0.3 is 10.3 Å². The van der Waals surface area contributed by atoms with Gasteiger partial charge in [0.05, 0.1) is 11.9 Å². The monoisotopic (exact) mass is 345 g/mol. The Kier molecular flexibility index (Phi) is 3.79. The standard InChI is InChI=1S/C15H16BrN5/c1-10(2)12-8-19-15-14(20-13(16)9-21(12)15)18-6-4-11-3-5-17-7-11/h3,5,7-9,17H,1,4,6H2,2H3,(H,18,20). The molecule has 6 heteroatoms. The van der Waals surface area contributed by atoms with Gasteiger partial charge in [-0.3, -0.25) is 4.40 Å². The van der Waals surface area contributed by atoms with E-state index in [4.69, 9.17) is 0 Å². The Morgan fingerprint density at radius 2 is 2.38 bits per heavy atom. The van der Waals surface area contributed by atoms with Crippen LogP contribution in [-0.4, -0.2) is 25.9 Å². The molecule has 0 aromatic carbocycles. The number of allylic oxidation sites excluding steroid dienone is 1. The summed E-state index contributed by atoms with van der Waals surface area (Å²) in [5.41, 5.74) is 4.03. The molecule has 0 aliphatic carbocycles. The van der Waals surface area contributed by atoms with Crippen LogP contribution in [0.5, 0.6) is 0 Å². The number of anilines is 1. The highest BCUT2D eigenvalue weighted by Gasteiger charge is 2.10. The maximum atomic E-state index is 4.48. The van der Waals surface area contributed by atoms with E-state index in [2.05, 4.69) is 48.8 Å². The number of aromatic amines is 1. The quantitative estimate of drug-likeness (QED) is 0.743. The van der Waals surface area contributed by atoms with E-state index in [9.17, 15) is 0 Å². The maximum absolute atomic E-state index is 4.48. The highest BCUT2D eigenvalue weighted by molar-refractivity contribution is 9.10. The zero-order chi connectivity index (χ0) is 14.8. The number of aromatic nitrogens is 4. The summed E-state index contributed by atoms with van der Waals surface area (Å²) < 4.78 is 2.76. The topological polar surface area (TPSA) is 58.0 Å². The lowest BCUT2D eigenvalue weighted by atomic mass is 10.2. The van der Waals surface area contributed by atoms with Crippen LogP contribution in [0.15, 0.2) is 42.0 Å². The van der Waals surface area contributed by atoms with E-state index in [1.807, 2.05) is 36.1 Å². The van der Waals surface area contributed by atoms with Crippen molar-refractivity contribution >= 4 is 33.0 Å². The van der Waals surface area contributed by atoms with Crippen molar-refractivity contribution in [1.29, 1.82) is 0 Å². The Labute approximate surface area is 131 Å². The number of imidazole rings is 1. The molecule has 108 valence electrons. The first-order chi connectivity index (χ1) is 10.1. The first-order valence-electron chi connectivity index (χ1n) is 6.70. The molecule has 0 unspecified atom stereocenters. The molecule has 0 bridgehead atoms. The van der Waals surface area contributed by atoms with Gasteiger partial charge in [0.2, 0.25) is 0 Å². The number of halogens is 1. The van der Waals surface area contributed by atoms with Crippen molar-refractivity contribution in [1.82, 2.24) is 19.4 Å². The number of nitrogens with zero attached hydrogens (tertiary/aromatic N) is 3. The number of H-pyrrole nitrogens is 1. The van der Waals surface area contributed by atoms with Gasteiger partial charge in [0.25, 0.3) is 0 Å². The number of nitrogens with one attached hydrogen (secondary N) is 2. The summed E-state index contributed by atoms with van der Waals surface area (Å²) >= 11 is 3.45. The van der Waals surface area contributed by atoms with Crippen LogP contribution in [0.2, 0.25) is 0 Å². The molecule has 0 aliphatic heterocycles. The van der Waals surface area contributed by atoms with Gasteiger partial charge in [-0.05, 0) is 46.5 Å². The van der Waals surface area contributed by atoms with Crippen LogP contribution in [0.3, 0.4) is 0 Å². The SMILES string of the molecule is C=C(C)c1cnc2c(NCCc3cc[nH]c3)nc(Br)cn12. The summed E-state index contributed by atoms with van der Waals surface area (Å²) in [6.07, 6.45) is 8.59. The highest BCUT2D eigenvalue weighted by atomic mass is 79.9. The van der Waals surface area contributed by atoms with E-state index in [0.29, 0.717) is 0 Å². The zero-order valence-electron chi connectivity index (χ0n) is 11.7. The van der Waals surface area contributed by atoms with Crippen LogP contribution in [0.1, 0.15) is 18.2 Å². The van der Waals surface area contributed by atoms with Crippen LogP contribution in [-0.2, 0) is 6.42 Å². The summed E-state index contributed by atoms with van der Waals surface area (Å²) in [5, 5.41) is 3.35. The second-order valence-electron chi connectivity index (χ2n) is 4.93. The van der Waals surface area contributed by atoms with Gasteiger partial charge in [0.15, 0.2) is 11.5 Å². The minimum Gasteiger partial charge on any atom is -0.367 e. The summed E-state index contributed by atoms with van der Waals surface area (Å²) in [7, 11) is 0. The first kappa shape index (κ1) is 13.9. The van der Waals surface area contributed by atoms with Crippen LogP contribution in [0.4, 0.5) is 5.82 Å². The molecule has 0 saturated heterocycles. The minimum absolute atomic E-state index is 0.764.